The number of nitrogens with one attached hydrogen (secondary N) is 2. The largest absolute Gasteiger partial charge is 0.339 e. The van der Waals surface area contributed by atoms with Gasteiger partial charge < -0.3 is 10.2 Å². The van der Waals surface area contributed by atoms with Crippen LogP contribution in [0.3, 0.4) is 0 Å². The summed E-state index contributed by atoms with van der Waals surface area (Å²) >= 11 is 0. The van der Waals surface area contributed by atoms with Crippen LogP contribution in [0, 0.1) is 5.82 Å². The molecule has 1 fully saturated rings. The van der Waals surface area contributed by atoms with E-state index in [1.54, 1.807) is 20.8 Å². The first-order chi connectivity index (χ1) is 14.5. The molecule has 0 spiro atoms. The maximum Gasteiger partial charge on any atom is 0.253 e. The van der Waals surface area contributed by atoms with Gasteiger partial charge in [0.15, 0.2) is 0 Å². The molecular formula is C22H32FN3O4S. The van der Waals surface area contributed by atoms with Gasteiger partial charge in [0.25, 0.3) is 5.91 Å². The van der Waals surface area contributed by atoms with Crippen molar-refractivity contribution in [3.63, 3.8) is 0 Å². The minimum absolute atomic E-state index is 0. The van der Waals surface area contributed by atoms with Gasteiger partial charge in [-0.25, -0.2) is 17.5 Å². The molecule has 1 aliphatic rings. The Bertz CT molecular complexity index is 990. The summed E-state index contributed by atoms with van der Waals surface area (Å²) in [4.78, 5) is 23.9. The fourth-order valence-corrected chi connectivity index (χ4v) is 4.37. The van der Waals surface area contributed by atoms with Gasteiger partial charge in [-0.3, -0.25) is 9.59 Å². The number of carbonyl (C=O) groups is 2. The third-order valence-electron chi connectivity index (χ3n) is 4.32. The van der Waals surface area contributed by atoms with E-state index in [4.69, 9.17) is 0 Å². The van der Waals surface area contributed by atoms with E-state index >= 15 is 0 Å². The van der Waals surface area contributed by atoms with Crippen LogP contribution >= 0.6 is 0 Å². The van der Waals surface area contributed by atoms with Crippen molar-refractivity contribution in [1.82, 2.24) is 9.62 Å². The molecular weight excluding hydrogens is 421 g/mol. The molecule has 2 aromatic carbocycles. The number of rotatable bonds is 5. The number of nitrogens with zero attached hydrogens (tertiary/aromatic N) is 1. The molecule has 1 aliphatic heterocycles. The van der Waals surface area contributed by atoms with Crippen LogP contribution in [-0.4, -0.2) is 44.3 Å². The van der Waals surface area contributed by atoms with Gasteiger partial charge in [-0.1, -0.05) is 0 Å². The number of anilines is 1. The summed E-state index contributed by atoms with van der Waals surface area (Å²) < 4.78 is 39.0. The van der Waals surface area contributed by atoms with Gasteiger partial charge >= 0.3 is 0 Å². The fourth-order valence-electron chi connectivity index (χ4n) is 2.96. The average molecular weight is 454 g/mol. The number of sulfonamides is 1. The van der Waals surface area contributed by atoms with E-state index in [1.807, 2.05) is 4.90 Å². The van der Waals surface area contributed by atoms with E-state index in [0.29, 0.717) is 17.7 Å². The second-order valence-electron chi connectivity index (χ2n) is 8.15. The van der Waals surface area contributed by atoms with Gasteiger partial charge in [0.05, 0.1) is 4.90 Å². The van der Waals surface area contributed by atoms with E-state index in [-0.39, 0.29) is 19.5 Å². The zero-order valence-electron chi connectivity index (χ0n) is 17.9. The predicted molar refractivity (Wildman–Crippen MR) is 122 cm³/mol. The summed E-state index contributed by atoms with van der Waals surface area (Å²) in [5.41, 5.74) is 0.599. The Kier molecular flexibility index (Phi) is 8.29. The molecule has 2 amide bonds. The highest BCUT2D eigenvalue weighted by molar-refractivity contribution is 7.89. The topological polar surface area (TPSA) is 95.6 Å². The van der Waals surface area contributed by atoms with Gasteiger partial charge in [-0.05, 0) is 82.1 Å². The normalized spacial score (nSPS) is 13.9. The average Bonchev–Trinajstić information content (AvgIpc) is 3.22. The first kappa shape index (κ1) is 24.5. The monoisotopic (exact) mass is 453 g/mol. The van der Waals surface area contributed by atoms with Crippen LogP contribution in [0.4, 0.5) is 10.1 Å². The number of likely N-dealkylation sites (tertiary alicyclic amines) is 1. The van der Waals surface area contributed by atoms with Crippen LogP contribution in [0.2, 0.25) is 0 Å². The quantitative estimate of drug-likeness (QED) is 0.672. The van der Waals surface area contributed by atoms with Crippen molar-refractivity contribution in [2.75, 3.05) is 18.4 Å². The molecule has 31 heavy (non-hydrogen) atoms. The molecule has 0 aliphatic carbocycles. The lowest BCUT2D eigenvalue weighted by molar-refractivity contribution is -0.105. The van der Waals surface area contributed by atoms with Crippen LogP contribution in [0.25, 0.3) is 0 Å². The first-order valence-electron chi connectivity index (χ1n) is 9.91. The molecule has 3 rings (SSSR count). The summed E-state index contributed by atoms with van der Waals surface area (Å²) in [6.45, 7) is 6.97. The van der Waals surface area contributed by atoms with Crippen LogP contribution in [0.1, 0.15) is 46.8 Å². The van der Waals surface area contributed by atoms with Crippen molar-refractivity contribution < 1.29 is 25.3 Å². The Morgan fingerprint density at radius 3 is 2.06 bits per heavy atom. The molecule has 0 atom stereocenters. The van der Waals surface area contributed by atoms with E-state index in [9.17, 15) is 22.4 Å². The molecule has 0 bridgehead atoms. The summed E-state index contributed by atoms with van der Waals surface area (Å²) in [6, 6.07) is 11.7. The summed E-state index contributed by atoms with van der Waals surface area (Å²) in [5.74, 6) is -0.287. The van der Waals surface area contributed by atoms with Gasteiger partial charge in [-0.15, -0.1) is 0 Å². The van der Waals surface area contributed by atoms with Crippen molar-refractivity contribution in [1.29, 1.82) is 0 Å². The van der Waals surface area contributed by atoms with Gasteiger partial charge in [0.1, 0.15) is 5.82 Å². The number of hydrogen-bond donors (Lipinski definition) is 2. The molecule has 1 saturated heterocycles. The zero-order chi connectivity index (χ0) is 23.1. The highest BCUT2D eigenvalue weighted by Crippen LogP contribution is 2.16. The predicted octanol–water partition coefficient (Wildman–Crippen LogP) is 3.89. The Hall–Kier alpha value is -2.78. The number of amides is 2. The molecule has 2 N–H and O–H groups in total. The lowest BCUT2D eigenvalue weighted by atomic mass is 10.1. The smallest absolute Gasteiger partial charge is 0.253 e. The highest BCUT2D eigenvalue weighted by Gasteiger charge is 2.21. The second kappa shape index (κ2) is 10.5. The Morgan fingerprint density at radius 1 is 1.03 bits per heavy atom. The Balaban J connectivity index is 0.000000593. The van der Waals surface area contributed by atoms with Crippen LogP contribution in [0.5, 0.6) is 0 Å². The third-order valence-corrected chi connectivity index (χ3v) is 6.09. The summed E-state index contributed by atoms with van der Waals surface area (Å²) in [7, 11) is -3.52. The lowest BCUT2D eigenvalue weighted by Gasteiger charge is -2.20. The van der Waals surface area contributed by atoms with Crippen molar-refractivity contribution in [2.24, 2.45) is 0 Å². The number of benzene rings is 2. The summed E-state index contributed by atoms with van der Waals surface area (Å²) in [5, 5.41) is 2.44. The zero-order valence-corrected chi connectivity index (χ0v) is 18.7. The number of halogens is 1. The van der Waals surface area contributed by atoms with Gasteiger partial charge in [0.2, 0.25) is 16.4 Å². The molecule has 1 heterocycles. The lowest BCUT2D eigenvalue weighted by Crippen LogP contribution is -2.40. The highest BCUT2D eigenvalue weighted by atomic mass is 32.2. The molecule has 7 nitrogen and oxygen atoms in total. The van der Waals surface area contributed by atoms with Crippen molar-refractivity contribution in [2.45, 2.75) is 44.0 Å². The molecule has 0 unspecified atom stereocenters. The molecule has 9 heteroatoms. The van der Waals surface area contributed by atoms with E-state index in [2.05, 4.69) is 10.0 Å². The van der Waals surface area contributed by atoms with E-state index in [1.165, 1.54) is 48.5 Å². The summed E-state index contributed by atoms with van der Waals surface area (Å²) in [6.07, 6.45) is 2.69. The standard InChI is InChI=1S/C11H12FNO.C11H16N2O3S.2H2/c12-10-5-3-9(4-6-10)11(14)13-7-1-2-8-13;1-11(2,3)13-17(15,16)10-6-4-9(5-7-10)12-8-14;;/h3-6H,1-2,7-8H2;4-8,13H,1-3H3,(H,12,14);2*1H. The van der Waals surface area contributed by atoms with E-state index < -0.39 is 15.6 Å². The molecule has 0 aromatic heterocycles. The Labute approximate surface area is 185 Å². The first-order valence-corrected chi connectivity index (χ1v) is 11.4. The van der Waals surface area contributed by atoms with E-state index in [0.717, 1.165) is 25.9 Å². The number of carbonyl (C=O) groups excluding carboxylic acids is 2. The third kappa shape index (κ3) is 7.76. The SMILES string of the molecule is CC(C)(C)NS(=O)(=O)c1ccc(NC=O)cc1.O=C(c1ccc(F)cc1)N1CCCC1.[HH].[HH]. The van der Waals surface area contributed by atoms with Crippen molar-refractivity contribution in [3.05, 3.63) is 59.9 Å². The molecule has 0 radical (unpaired) electrons. The fraction of sp³-hybridized carbons (Fsp3) is 0.364. The van der Waals surface area contributed by atoms with Crippen LogP contribution in [-0.2, 0) is 14.8 Å². The molecule has 2 aromatic rings. The minimum Gasteiger partial charge on any atom is -0.339 e. The van der Waals surface area contributed by atoms with Crippen molar-refractivity contribution in [3.8, 4) is 0 Å². The van der Waals surface area contributed by atoms with Gasteiger partial charge in [0, 0.05) is 32.7 Å². The number of hydrogen-bond acceptors (Lipinski definition) is 4. The maximum absolute atomic E-state index is 12.6. The second-order valence-corrected chi connectivity index (χ2v) is 9.83. The van der Waals surface area contributed by atoms with Crippen LogP contribution in [0.15, 0.2) is 53.4 Å². The van der Waals surface area contributed by atoms with Gasteiger partial charge in [-0.2, -0.15) is 0 Å². The maximum atomic E-state index is 12.6. The molecule has 0 saturated carbocycles. The molecule has 172 valence electrons. The van der Waals surface area contributed by atoms with Crippen molar-refractivity contribution >= 4 is 28.0 Å². The van der Waals surface area contributed by atoms with Crippen LogP contribution < -0.4 is 10.0 Å². The Morgan fingerprint density at radius 2 is 1.58 bits per heavy atom. The minimum atomic E-state index is -3.52.